The number of aliphatic hydroxyl groups is 1. The number of likely N-dealkylation sites (tertiary alicyclic amines) is 1. The number of hydrogen-bond donors (Lipinski definition) is 2. The number of esters is 1. The Kier molecular flexibility index (Phi) is 8.89. The number of aliphatic hydroxyl groups excluding tert-OH is 1. The van der Waals surface area contributed by atoms with Crippen LogP contribution in [0.15, 0.2) is 30.3 Å². The Morgan fingerprint density at radius 1 is 1.28 bits per heavy atom. The molecule has 0 aromatic heterocycles. The third kappa shape index (κ3) is 6.79. The summed E-state index contributed by atoms with van der Waals surface area (Å²) >= 11 is 0. The summed E-state index contributed by atoms with van der Waals surface area (Å²) < 4.78 is 5.74. The highest BCUT2D eigenvalue weighted by atomic mass is 16.6. The fourth-order valence-corrected chi connectivity index (χ4v) is 4.93. The highest BCUT2D eigenvalue weighted by Crippen LogP contribution is 2.42. The second-order valence-corrected chi connectivity index (χ2v) is 10.5. The topological polar surface area (TPSA) is 78.9 Å². The molecule has 2 rings (SSSR count). The molecule has 5 atom stereocenters. The molecule has 1 aromatic carbocycles. The van der Waals surface area contributed by atoms with Gasteiger partial charge in [0.2, 0.25) is 5.91 Å². The molecule has 0 aliphatic carbocycles. The summed E-state index contributed by atoms with van der Waals surface area (Å²) in [6.45, 7) is 13.9. The number of benzene rings is 1. The van der Waals surface area contributed by atoms with Crippen molar-refractivity contribution < 1.29 is 19.4 Å². The number of carbonyl (C=O) groups is 2. The molecule has 1 aliphatic heterocycles. The van der Waals surface area contributed by atoms with Crippen LogP contribution in [0.4, 0.5) is 0 Å². The first-order valence-electron chi connectivity index (χ1n) is 11.9. The van der Waals surface area contributed by atoms with Crippen LogP contribution in [0, 0.1) is 5.92 Å². The Hall–Kier alpha value is -1.92. The molecule has 180 valence electrons. The normalized spacial score (nSPS) is 25.9. The van der Waals surface area contributed by atoms with E-state index in [-0.39, 0.29) is 23.8 Å². The lowest BCUT2D eigenvalue weighted by atomic mass is 9.79. The molecule has 32 heavy (non-hydrogen) atoms. The summed E-state index contributed by atoms with van der Waals surface area (Å²) in [5, 5.41) is 14.3. The average molecular weight is 447 g/mol. The monoisotopic (exact) mass is 446 g/mol. The zero-order valence-corrected chi connectivity index (χ0v) is 20.9. The van der Waals surface area contributed by atoms with E-state index < -0.39 is 23.3 Å². The van der Waals surface area contributed by atoms with Gasteiger partial charge in [0.1, 0.15) is 11.6 Å². The second kappa shape index (κ2) is 10.8. The fraction of sp³-hybridized carbons (Fsp3) is 0.692. The summed E-state index contributed by atoms with van der Waals surface area (Å²) in [4.78, 5) is 27.0. The first kappa shape index (κ1) is 26.3. The van der Waals surface area contributed by atoms with E-state index in [9.17, 15) is 14.7 Å². The predicted octanol–water partition coefficient (Wildman–Crippen LogP) is 4.05. The van der Waals surface area contributed by atoms with Gasteiger partial charge in [0.05, 0.1) is 6.10 Å². The summed E-state index contributed by atoms with van der Waals surface area (Å²) in [7, 11) is 0. The number of hydrogen-bond acceptors (Lipinski definition) is 5. The van der Waals surface area contributed by atoms with Crippen LogP contribution in [0.3, 0.4) is 0 Å². The van der Waals surface area contributed by atoms with Crippen LogP contribution in [0.5, 0.6) is 0 Å². The minimum absolute atomic E-state index is 0.0179. The predicted molar refractivity (Wildman–Crippen MR) is 127 cm³/mol. The molecule has 1 saturated heterocycles. The van der Waals surface area contributed by atoms with Gasteiger partial charge >= 0.3 is 5.97 Å². The van der Waals surface area contributed by atoms with Gasteiger partial charge in [-0.2, -0.15) is 0 Å². The van der Waals surface area contributed by atoms with E-state index in [2.05, 4.69) is 17.1 Å². The van der Waals surface area contributed by atoms with Gasteiger partial charge in [0.15, 0.2) is 0 Å². The van der Waals surface area contributed by atoms with E-state index >= 15 is 0 Å². The summed E-state index contributed by atoms with van der Waals surface area (Å²) in [6, 6.07) is 9.49. The zero-order chi connectivity index (χ0) is 24.1. The first-order valence-corrected chi connectivity index (χ1v) is 11.9. The molecule has 6 nitrogen and oxygen atoms in total. The lowest BCUT2D eigenvalue weighted by Crippen LogP contribution is -2.54. The Morgan fingerprint density at radius 2 is 1.91 bits per heavy atom. The quantitative estimate of drug-likeness (QED) is 0.560. The van der Waals surface area contributed by atoms with Gasteiger partial charge in [-0.05, 0) is 58.9 Å². The van der Waals surface area contributed by atoms with Crippen molar-refractivity contribution in [3.63, 3.8) is 0 Å². The lowest BCUT2D eigenvalue weighted by molar-refractivity contribution is -0.162. The largest absolute Gasteiger partial charge is 0.459 e. The summed E-state index contributed by atoms with van der Waals surface area (Å²) in [6.07, 6.45) is 2.25. The molecule has 1 amide bonds. The average Bonchev–Trinajstić information content (AvgIpc) is 2.92. The minimum atomic E-state index is -0.674. The molecular weight excluding hydrogens is 404 g/mol. The molecular formula is C26H42N2O4. The maximum absolute atomic E-state index is 13.2. The maximum Gasteiger partial charge on any atom is 0.324 e. The van der Waals surface area contributed by atoms with Crippen molar-refractivity contribution in [1.82, 2.24) is 10.2 Å². The van der Waals surface area contributed by atoms with Crippen LogP contribution in [0.2, 0.25) is 0 Å². The van der Waals surface area contributed by atoms with Gasteiger partial charge in [-0.25, -0.2) is 0 Å². The lowest BCUT2D eigenvalue weighted by Gasteiger charge is -2.43. The van der Waals surface area contributed by atoms with Crippen molar-refractivity contribution in [2.75, 3.05) is 0 Å². The zero-order valence-electron chi connectivity index (χ0n) is 20.9. The minimum Gasteiger partial charge on any atom is -0.459 e. The van der Waals surface area contributed by atoms with E-state index in [0.717, 1.165) is 18.4 Å². The molecule has 6 heteroatoms. The molecule has 0 radical (unpaired) electrons. The van der Waals surface area contributed by atoms with E-state index in [0.29, 0.717) is 19.4 Å². The number of amides is 1. The number of nitrogens with zero attached hydrogens (tertiary/aromatic N) is 1. The van der Waals surface area contributed by atoms with Gasteiger partial charge < -0.3 is 15.2 Å². The molecule has 0 spiro atoms. The molecule has 1 heterocycles. The van der Waals surface area contributed by atoms with Crippen molar-refractivity contribution in [3.05, 3.63) is 35.9 Å². The first-order chi connectivity index (χ1) is 14.9. The SMILES string of the molecule is CCCC(C[C@]1(C)[C@H](O)C[C@H](C(=O)OC(C)(C)C)N1Cc1ccccc1)C(C)NC(C)=O. The molecule has 1 aromatic rings. The van der Waals surface area contributed by atoms with Gasteiger partial charge in [-0.1, -0.05) is 43.7 Å². The molecule has 2 unspecified atom stereocenters. The van der Waals surface area contributed by atoms with Crippen molar-refractivity contribution >= 4 is 11.9 Å². The van der Waals surface area contributed by atoms with E-state index in [1.807, 2.05) is 65.0 Å². The standard InChI is InChI=1S/C26H42N2O4/c1-8-12-21(18(2)27-19(3)29)16-26(7)23(30)15-22(24(31)32-25(4,5)6)28(26)17-20-13-10-9-11-14-20/h9-11,13-14,18,21-23,30H,8,12,15-17H2,1-7H3,(H,27,29)/t18?,21?,22-,23-,26-/m1/s1. The highest BCUT2D eigenvalue weighted by molar-refractivity contribution is 5.77. The smallest absolute Gasteiger partial charge is 0.324 e. The van der Waals surface area contributed by atoms with Crippen LogP contribution in [0.25, 0.3) is 0 Å². The Labute approximate surface area is 193 Å². The Balaban J connectivity index is 2.38. The molecule has 1 aliphatic rings. The van der Waals surface area contributed by atoms with Crippen LogP contribution in [-0.4, -0.2) is 51.2 Å². The van der Waals surface area contributed by atoms with Crippen molar-refractivity contribution in [2.45, 2.75) is 110 Å². The van der Waals surface area contributed by atoms with Crippen LogP contribution < -0.4 is 5.32 Å². The molecule has 1 fully saturated rings. The van der Waals surface area contributed by atoms with Gasteiger partial charge in [0, 0.05) is 31.5 Å². The third-order valence-corrected chi connectivity index (χ3v) is 6.54. The van der Waals surface area contributed by atoms with Crippen LogP contribution in [-0.2, 0) is 20.9 Å². The molecule has 0 bridgehead atoms. The second-order valence-electron chi connectivity index (χ2n) is 10.5. The summed E-state index contributed by atoms with van der Waals surface area (Å²) in [5.41, 5.74) is -0.128. The van der Waals surface area contributed by atoms with E-state index in [1.54, 1.807) is 0 Å². The van der Waals surface area contributed by atoms with Crippen molar-refractivity contribution in [3.8, 4) is 0 Å². The highest BCUT2D eigenvalue weighted by Gasteiger charge is 2.53. The fourth-order valence-electron chi connectivity index (χ4n) is 4.93. The van der Waals surface area contributed by atoms with Gasteiger partial charge in [0.25, 0.3) is 0 Å². The van der Waals surface area contributed by atoms with E-state index in [4.69, 9.17) is 4.74 Å². The van der Waals surface area contributed by atoms with Gasteiger partial charge in [-0.3, -0.25) is 14.5 Å². The Morgan fingerprint density at radius 3 is 2.44 bits per heavy atom. The number of rotatable bonds is 9. The number of carbonyl (C=O) groups excluding carboxylic acids is 2. The van der Waals surface area contributed by atoms with Crippen LogP contribution in [0.1, 0.15) is 79.7 Å². The van der Waals surface area contributed by atoms with Gasteiger partial charge in [-0.15, -0.1) is 0 Å². The maximum atomic E-state index is 13.2. The van der Waals surface area contributed by atoms with E-state index in [1.165, 1.54) is 6.92 Å². The number of nitrogens with one attached hydrogen (secondary N) is 1. The molecule has 2 N–H and O–H groups in total. The molecule has 0 saturated carbocycles. The Bertz CT molecular complexity index is 761. The third-order valence-electron chi connectivity index (χ3n) is 6.54. The summed E-state index contributed by atoms with van der Waals surface area (Å²) in [5.74, 6) is -0.166. The van der Waals surface area contributed by atoms with Crippen molar-refractivity contribution in [1.29, 1.82) is 0 Å². The van der Waals surface area contributed by atoms with Crippen LogP contribution >= 0.6 is 0 Å². The van der Waals surface area contributed by atoms with Crippen molar-refractivity contribution in [2.24, 2.45) is 5.92 Å². The number of ether oxygens (including phenoxy) is 1.